The van der Waals surface area contributed by atoms with Crippen molar-refractivity contribution in [2.75, 3.05) is 0 Å². The molecule has 1 aromatic rings. The van der Waals surface area contributed by atoms with Crippen molar-refractivity contribution in [3.63, 3.8) is 0 Å². The van der Waals surface area contributed by atoms with E-state index in [2.05, 4.69) is 5.32 Å². The summed E-state index contributed by atoms with van der Waals surface area (Å²) < 4.78 is 22.3. The number of sulfonamides is 1. The number of hydrogen-bond acceptors (Lipinski definition) is 5. The first kappa shape index (κ1) is 19.3. The second-order valence-corrected chi connectivity index (χ2v) is 7.35. The number of thiophene rings is 1. The van der Waals surface area contributed by atoms with Gasteiger partial charge in [0.15, 0.2) is 0 Å². The zero-order chi connectivity index (χ0) is 14.6. The Labute approximate surface area is 129 Å². The monoisotopic (exact) mass is 341 g/mol. The van der Waals surface area contributed by atoms with Gasteiger partial charge in [-0.05, 0) is 18.1 Å². The number of rotatable bonds is 6. The first-order chi connectivity index (χ1) is 8.75. The quantitative estimate of drug-likeness (QED) is 0.709. The molecule has 0 saturated carbocycles. The molecule has 0 saturated heterocycles. The van der Waals surface area contributed by atoms with Crippen LogP contribution < -0.4 is 16.2 Å². The molecule has 5 N–H and O–H groups in total. The number of nitrogens with one attached hydrogen (secondary N) is 1. The standard InChI is InChI=1S/C11H19N3O3S2.ClH/c1-3-7(2)10(12)11(15)14-6-8-4-5-9(18-8)19(13,16)17;/h4-5,7,10H,3,6,12H2,1-2H3,(H,14,15)(H2,13,16,17);1H. The van der Waals surface area contributed by atoms with Crippen molar-refractivity contribution < 1.29 is 13.2 Å². The molecule has 0 aromatic carbocycles. The predicted molar refractivity (Wildman–Crippen MR) is 82.2 cm³/mol. The normalized spacial score (nSPS) is 14.2. The Morgan fingerprint density at radius 1 is 1.45 bits per heavy atom. The molecule has 20 heavy (non-hydrogen) atoms. The number of carbonyl (C=O) groups excluding carboxylic acids is 1. The molecule has 0 aliphatic heterocycles. The third-order valence-electron chi connectivity index (χ3n) is 2.91. The lowest BCUT2D eigenvalue weighted by atomic mass is 9.99. The third-order valence-corrected chi connectivity index (χ3v) is 5.44. The van der Waals surface area contributed by atoms with Gasteiger partial charge < -0.3 is 11.1 Å². The topological polar surface area (TPSA) is 115 Å². The van der Waals surface area contributed by atoms with Crippen molar-refractivity contribution in [1.82, 2.24) is 5.32 Å². The molecule has 116 valence electrons. The minimum absolute atomic E-state index is 0. The van der Waals surface area contributed by atoms with Gasteiger partial charge >= 0.3 is 0 Å². The SMILES string of the molecule is CCC(C)C(N)C(=O)NCc1ccc(S(N)(=O)=O)s1.Cl. The molecule has 6 nitrogen and oxygen atoms in total. The van der Waals surface area contributed by atoms with Crippen LogP contribution in [0.4, 0.5) is 0 Å². The molecule has 1 heterocycles. The van der Waals surface area contributed by atoms with Crippen molar-refractivity contribution >= 4 is 39.7 Å². The fraction of sp³-hybridized carbons (Fsp3) is 0.545. The van der Waals surface area contributed by atoms with Gasteiger partial charge in [-0.15, -0.1) is 23.7 Å². The fourth-order valence-electron chi connectivity index (χ4n) is 1.41. The number of primary sulfonamides is 1. The van der Waals surface area contributed by atoms with Crippen LogP contribution in [0.15, 0.2) is 16.3 Å². The summed E-state index contributed by atoms with van der Waals surface area (Å²) in [5.74, 6) is -0.136. The van der Waals surface area contributed by atoms with Crippen LogP contribution in [0, 0.1) is 5.92 Å². The molecular formula is C11H20ClN3O3S2. The molecule has 0 fully saturated rings. The van der Waals surface area contributed by atoms with E-state index in [4.69, 9.17) is 10.9 Å². The highest BCUT2D eigenvalue weighted by atomic mass is 35.5. The highest BCUT2D eigenvalue weighted by molar-refractivity contribution is 7.91. The van der Waals surface area contributed by atoms with Gasteiger partial charge in [-0.1, -0.05) is 20.3 Å². The molecule has 0 spiro atoms. The summed E-state index contributed by atoms with van der Waals surface area (Å²) in [5.41, 5.74) is 5.79. The van der Waals surface area contributed by atoms with Gasteiger partial charge in [-0.2, -0.15) is 0 Å². The molecule has 1 rings (SSSR count). The molecular weight excluding hydrogens is 322 g/mol. The molecule has 2 unspecified atom stereocenters. The Hall–Kier alpha value is -0.670. The molecule has 1 aromatic heterocycles. The number of halogens is 1. The Balaban J connectivity index is 0.00000361. The summed E-state index contributed by atoms with van der Waals surface area (Å²) >= 11 is 1.04. The second-order valence-electron chi connectivity index (χ2n) is 4.39. The average molecular weight is 342 g/mol. The van der Waals surface area contributed by atoms with Crippen molar-refractivity contribution in [1.29, 1.82) is 0 Å². The van der Waals surface area contributed by atoms with E-state index in [0.717, 1.165) is 17.8 Å². The van der Waals surface area contributed by atoms with Gasteiger partial charge in [0.05, 0.1) is 12.6 Å². The second kappa shape index (κ2) is 7.94. The lowest BCUT2D eigenvalue weighted by Gasteiger charge is -2.17. The largest absolute Gasteiger partial charge is 0.350 e. The smallest absolute Gasteiger partial charge is 0.247 e. The van der Waals surface area contributed by atoms with Crippen LogP contribution in [0.5, 0.6) is 0 Å². The van der Waals surface area contributed by atoms with E-state index < -0.39 is 16.1 Å². The molecule has 0 radical (unpaired) electrons. The maximum atomic E-state index is 11.7. The first-order valence-electron chi connectivity index (χ1n) is 5.90. The average Bonchev–Trinajstić information content (AvgIpc) is 2.82. The van der Waals surface area contributed by atoms with Crippen LogP contribution in [-0.2, 0) is 21.4 Å². The summed E-state index contributed by atoms with van der Waals surface area (Å²) in [6.07, 6.45) is 0.823. The van der Waals surface area contributed by atoms with E-state index in [1.54, 1.807) is 6.07 Å². The lowest BCUT2D eigenvalue weighted by Crippen LogP contribution is -2.44. The van der Waals surface area contributed by atoms with Crippen molar-refractivity contribution in [2.45, 2.75) is 37.1 Å². The molecule has 0 aliphatic carbocycles. The first-order valence-corrected chi connectivity index (χ1v) is 8.26. The fourth-order valence-corrected chi connectivity index (χ4v) is 3.13. The summed E-state index contributed by atoms with van der Waals surface area (Å²) in [6, 6.07) is 2.50. The Morgan fingerprint density at radius 3 is 2.50 bits per heavy atom. The number of hydrogen-bond donors (Lipinski definition) is 3. The van der Waals surface area contributed by atoms with Crippen LogP contribution in [0.25, 0.3) is 0 Å². The number of nitrogens with two attached hydrogens (primary N) is 2. The van der Waals surface area contributed by atoms with Crippen LogP contribution in [0.1, 0.15) is 25.1 Å². The van der Waals surface area contributed by atoms with Crippen molar-refractivity contribution in [2.24, 2.45) is 16.8 Å². The van der Waals surface area contributed by atoms with E-state index >= 15 is 0 Å². The lowest BCUT2D eigenvalue weighted by molar-refractivity contribution is -0.123. The van der Waals surface area contributed by atoms with E-state index in [-0.39, 0.29) is 35.0 Å². The summed E-state index contributed by atoms with van der Waals surface area (Å²) in [6.45, 7) is 4.13. The molecule has 0 aliphatic rings. The van der Waals surface area contributed by atoms with Crippen LogP contribution in [0.2, 0.25) is 0 Å². The van der Waals surface area contributed by atoms with Gasteiger partial charge in [-0.3, -0.25) is 4.79 Å². The van der Waals surface area contributed by atoms with Gasteiger partial charge in [0.2, 0.25) is 15.9 Å². The van der Waals surface area contributed by atoms with E-state index in [0.29, 0.717) is 4.88 Å². The Kier molecular flexibility index (Phi) is 7.67. The molecule has 2 atom stereocenters. The van der Waals surface area contributed by atoms with Gasteiger partial charge in [0.1, 0.15) is 4.21 Å². The van der Waals surface area contributed by atoms with E-state index in [1.165, 1.54) is 6.07 Å². The summed E-state index contributed by atoms with van der Waals surface area (Å²) in [7, 11) is -3.67. The maximum absolute atomic E-state index is 11.7. The van der Waals surface area contributed by atoms with Gasteiger partial charge in [0, 0.05) is 4.88 Å². The molecule has 0 bridgehead atoms. The van der Waals surface area contributed by atoms with E-state index in [9.17, 15) is 13.2 Å². The highest BCUT2D eigenvalue weighted by Crippen LogP contribution is 2.20. The third kappa shape index (κ3) is 5.37. The number of amides is 1. The summed E-state index contributed by atoms with van der Waals surface area (Å²) in [4.78, 5) is 12.5. The zero-order valence-electron chi connectivity index (χ0n) is 11.3. The minimum Gasteiger partial charge on any atom is -0.350 e. The van der Waals surface area contributed by atoms with E-state index in [1.807, 2.05) is 13.8 Å². The molecule has 9 heteroatoms. The van der Waals surface area contributed by atoms with Crippen molar-refractivity contribution in [3.05, 3.63) is 17.0 Å². The van der Waals surface area contributed by atoms with Crippen LogP contribution >= 0.6 is 23.7 Å². The van der Waals surface area contributed by atoms with Crippen LogP contribution in [-0.4, -0.2) is 20.4 Å². The Morgan fingerprint density at radius 2 is 2.05 bits per heavy atom. The number of carbonyl (C=O) groups is 1. The van der Waals surface area contributed by atoms with Gasteiger partial charge in [-0.25, -0.2) is 13.6 Å². The van der Waals surface area contributed by atoms with Crippen molar-refractivity contribution in [3.8, 4) is 0 Å². The zero-order valence-corrected chi connectivity index (χ0v) is 13.8. The molecule has 1 amide bonds. The maximum Gasteiger partial charge on any atom is 0.247 e. The predicted octanol–water partition coefficient (Wildman–Crippen LogP) is 0.807. The van der Waals surface area contributed by atoms with Crippen LogP contribution in [0.3, 0.4) is 0 Å². The van der Waals surface area contributed by atoms with Gasteiger partial charge in [0.25, 0.3) is 0 Å². The Bertz CT molecular complexity index is 545. The minimum atomic E-state index is -3.67. The highest BCUT2D eigenvalue weighted by Gasteiger charge is 2.19. The summed E-state index contributed by atoms with van der Waals surface area (Å²) in [5, 5.41) is 7.70.